The van der Waals surface area contributed by atoms with Crippen LogP contribution >= 0.6 is 0 Å². The van der Waals surface area contributed by atoms with E-state index in [0.717, 1.165) is 18.6 Å². The molecule has 1 aliphatic rings. The van der Waals surface area contributed by atoms with Gasteiger partial charge in [0.25, 0.3) is 0 Å². The Bertz CT molecular complexity index is 147. The van der Waals surface area contributed by atoms with Crippen molar-refractivity contribution in [3.8, 4) is 0 Å². The molecule has 0 spiro atoms. The first-order valence-corrected chi connectivity index (χ1v) is 6.07. The molecular weight excluding hydrogens is 174 g/mol. The first kappa shape index (κ1) is 12.0. The Labute approximate surface area is 88.4 Å². The SMILES string of the molecule is CCCNC1CCC(COC(C)C)C1. The molecule has 84 valence electrons. The lowest BCUT2D eigenvalue weighted by Crippen LogP contribution is -2.27. The highest BCUT2D eigenvalue weighted by atomic mass is 16.5. The van der Waals surface area contributed by atoms with Crippen LogP contribution in [0, 0.1) is 5.92 Å². The quantitative estimate of drug-likeness (QED) is 0.710. The van der Waals surface area contributed by atoms with Gasteiger partial charge in [0.2, 0.25) is 0 Å². The van der Waals surface area contributed by atoms with E-state index in [9.17, 15) is 0 Å². The molecule has 0 bridgehead atoms. The summed E-state index contributed by atoms with van der Waals surface area (Å²) in [5, 5.41) is 3.59. The van der Waals surface area contributed by atoms with Crippen LogP contribution in [-0.2, 0) is 4.74 Å². The van der Waals surface area contributed by atoms with E-state index in [2.05, 4.69) is 26.1 Å². The molecule has 2 atom stereocenters. The minimum atomic E-state index is 0.387. The number of hydrogen-bond donors (Lipinski definition) is 1. The largest absolute Gasteiger partial charge is 0.379 e. The van der Waals surface area contributed by atoms with Crippen LogP contribution in [0.25, 0.3) is 0 Å². The van der Waals surface area contributed by atoms with Crippen molar-refractivity contribution in [1.29, 1.82) is 0 Å². The molecule has 1 N–H and O–H groups in total. The summed E-state index contributed by atoms with van der Waals surface area (Å²) in [7, 11) is 0. The zero-order valence-corrected chi connectivity index (χ0v) is 9.88. The summed E-state index contributed by atoms with van der Waals surface area (Å²) < 4.78 is 5.65. The van der Waals surface area contributed by atoms with Crippen molar-refractivity contribution in [3.63, 3.8) is 0 Å². The van der Waals surface area contributed by atoms with Gasteiger partial charge < -0.3 is 10.1 Å². The van der Waals surface area contributed by atoms with Gasteiger partial charge in [0, 0.05) is 12.6 Å². The zero-order valence-electron chi connectivity index (χ0n) is 9.88. The average Bonchev–Trinajstić information content (AvgIpc) is 2.59. The van der Waals surface area contributed by atoms with E-state index in [4.69, 9.17) is 4.74 Å². The van der Waals surface area contributed by atoms with Crippen LogP contribution in [0.3, 0.4) is 0 Å². The number of ether oxygens (including phenoxy) is 1. The predicted octanol–water partition coefficient (Wildman–Crippen LogP) is 2.58. The van der Waals surface area contributed by atoms with Crippen molar-refractivity contribution >= 4 is 0 Å². The summed E-state index contributed by atoms with van der Waals surface area (Å²) >= 11 is 0. The molecule has 1 fully saturated rings. The van der Waals surface area contributed by atoms with Gasteiger partial charge in [0.15, 0.2) is 0 Å². The van der Waals surface area contributed by atoms with E-state index in [-0.39, 0.29) is 0 Å². The van der Waals surface area contributed by atoms with E-state index in [1.165, 1.54) is 32.2 Å². The van der Waals surface area contributed by atoms with Gasteiger partial charge in [-0.05, 0) is 52.0 Å². The highest BCUT2D eigenvalue weighted by Crippen LogP contribution is 2.25. The first-order chi connectivity index (χ1) is 6.72. The zero-order chi connectivity index (χ0) is 10.4. The highest BCUT2D eigenvalue weighted by molar-refractivity contribution is 4.80. The van der Waals surface area contributed by atoms with Gasteiger partial charge in [0.05, 0.1) is 6.10 Å². The third kappa shape index (κ3) is 4.43. The van der Waals surface area contributed by atoms with Crippen LogP contribution in [0.15, 0.2) is 0 Å². The molecule has 2 heteroatoms. The summed E-state index contributed by atoms with van der Waals surface area (Å²) in [5.41, 5.74) is 0. The lowest BCUT2D eigenvalue weighted by Gasteiger charge is -2.14. The summed E-state index contributed by atoms with van der Waals surface area (Å²) in [6.45, 7) is 8.58. The van der Waals surface area contributed by atoms with Crippen LogP contribution in [0.4, 0.5) is 0 Å². The monoisotopic (exact) mass is 199 g/mol. The molecule has 0 aliphatic heterocycles. The molecule has 0 saturated heterocycles. The molecule has 0 aromatic carbocycles. The Balaban J connectivity index is 2.08. The second kappa shape index (κ2) is 6.41. The standard InChI is InChI=1S/C12H25NO/c1-4-7-13-12-6-5-11(8-12)9-14-10(2)3/h10-13H,4-9H2,1-3H3. The maximum atomic E-state index is 5.65. The Morgan fingerprint density at radius 3 is 2.79 bits per heavy atom. The summed E-state index contributed by atoms with van der Waals surface area (Å²) in [6.07, 6.45) is 5.62. The summed E-state index contributed by atoms with van der Waals surface area (Å²) in [6, 6.07) is 0.760. The molecule has 1 saturated carbocycles. The maximum Gasteiger partial charge on any atom is 0.0519 e. The second-order valence-electron chi connectivity index (χ2n) is 4.71. The smallest absolute Gasteiger partial charge is 0.0519 e. The van der Waals surface area contributed by atoms with Crippen molar-refractivity contribution < 1.29 is 4.74 Å². The van der Waals surface area contributed by atoms with Gasteiger partial charge in [-0.2, -0.15) is 0 Å². The number of rotatable bonds is 6. The summed E-state index contributed by atoms with van der Waals surface area (Å²) in [4.78, 5) is 0. The Morgan fingerprint density at radius 2 is 2.14 bits per heavy atom. The van der Waals surface area contributed by atoms with Crippen LogP contribution in [0.1, 0.15) is 46.5 Å². The van der Waals surface area contributed by atoms with Crippen molar-refractivity contribution in [2.45, 2.75) is 58.6 Å². The molecule has 14 heavy (non-hydrogen) atoms. The molecule has 1 aliphatic carbocycles. The molecule has 0 heterocycles. The lowest BCUT2D eigenvalue weighted by atomic mass is 10.1. The fraction of sp³-hybridized carbons (Fsp3) is 1.00. The van der Waals surface area contributed by atoms with Crippen molar-refractivity contribution in [2.75, 3.05) is 13.2 Å². The molecule has 0 amide bonds. The van der Waals surface area contributed by atoms with Crippen LogP contribution in [0.2, 0.25) is 0 Å². The van der Waals surface area contributed by atoms with Crippen LogP contribution in [0.5, 0.6) is 0 Å². The van der Waals surface area contributed by atoms with Gasteiger partial charge in [-0.1, -0.05) is 6.92 Å². The second-order valence-corrected chi connectivity index (χ2v) is 4.71. The first-order valence-electron chi connectivity index (χ1n) is 6.07. The fourth-order valence-electron chi connectivity index (χ4n) is 2.09. The third-order valence-corrected chi connectivity index (χ3v) is 2.89. The van der Waals surface area contributed by atoms with Gasteiger partial charge in [-0.15, -0.1) is 0 Å². The highest BCUT2D eigenvalue weighted by Gasteiger charge is 2.24. The number of hydrogen-bond acceptors (Lipinski definition) is 2. The topological polar surface area (TPSA) is 21.3 Å². The Hall–Kier alpha value is -0.0800. The predicted molar refractivity (Wildman–Crippen MR) is 60.5 cm³/mol. The van der Waals surface area contributed by atoms with E-state index in [0.29, 0.717) is 6.10 Å². The van der Waals surface area contributed by atoms with Crippen LogP contribution < -0.4 is 5.32 Å². The third-order valence-electron chi connectivity index (χ3n) is 2.89. The molecule has 0 aromatic rings. The van der Waals surface area contributed by atoms with Gasteiger partial charge in [0.1, 0.15) is 0 Å². The van der Waals surface area contributed by atoms with E-state index in [1.807, 2.05) is 0 Å². The number of nitrogens with one attached hydrogen (secondary N) is 1. The lowest BCUT2D eigenvalue weighted by molar-refractivity contribution is 0.0521. The molecule has 2 unspecified atom stereocenters. The maximum absolute atomic E-state index is 5.65. The van der Waals surface area contributed by atoms with E-state index >= 15 is 0 Å². The minimum Gasteiger partial charge on any atom is -0.379 e. The van der Waals surface area contributed by atoms with Gasteiger partial charge >= 0.3 is 0 Å². The molecule has 0 aromatic heterocycles. The van der Waals surface area contributed by atoms with Crippen LogP contribution in [-0.4, -0.2) is 25.3 Å². The van der Waals surface area contributed by atoms with Crippen molar-refractivity contribution in [1.82, 2.24) is 5.32 Å². The van der Waals surface area contributed by atoms with E-state index in [1.54, 1.807) is 0 Å². The average molecular weight is 199 g/mol. The molecule has 0 radical (unpaired) electrons. The normalized spacial score (nSPS) is 27.4. The van der Waals surface area contributed by atoms with Crippen molar-refractivity contribution in [3.05, 3.63) is 0 Å². The Morgan fingerprint density at radius 1 is 1.36 bits per heavy atom. The summed E-state index contributed by atoms with van der Waals surface area (Å²) in [5.74, 6) is 0.798. The molecule has 2 nitrogen and oxygen atoms in total. The van der Waals surface area contributed by atoms with Crippen molar-refractivity contribution in [2.24, 2.45) is 5.92 Å². The van der Waals surface area contributed by atoms with Gasteiger partial charge in [-0.3, -0.25) is 0 Å². The molecular formula is C12H25NO. The Kier molecular flexibility index (Phi) is 5.49. The minimum absolute atomic E-state index is 0.387. The molecule has 1 rings (SSSR count). The van der Waals surface area contributed by atoms with E-state index < -0.39 is 0 Å². The fourth-order valence-corrected chi connectivity index (χ4v) is 2.09. The van der Waals surface area contributed by atoms with Gasteiger partial charge in [-0.25, -0.2) is 0 Å².